The Labute approximate surface area is 176 Å². The lowest BCUT2D eigenvalue weighted by Crippen LogP contribution is -2.41. The lowest BCUT2D eigenvalue weighted by atomic mass is 10.1. The van der Waals surface area contributed by atoms with Crippen molar-refractivity contribution in [2.75, 3.05) is 30.9 Å². The monoisotopic (exact) mass is 423 g/mol. The smallest absolute Gasteiger partial charge is 0.272 e. The highest BCUT2D eigenvalue weighted by Crippen LogP contribution is 2.28. The van der Waals surface area contributed by atoms with Crippen molar-refractivity contribution in [2.24, 2.45) is 7.05 Å². The van der Waals surface area contributed by atoms with Gasteiger partial charge >= 0.3 is 0 Å². The number of benzene rings is 1. The maximum Gasteiger partial charge on any atom is 0.272 e. The van der Waals surface area contributed by atoms with E-state index < -0.39 is 11.9 Å². The van der Waals surface area contributed by atoms with Crippen LogP contribution in [0.15, 0.2) is 24.4 Å². The summed E-state index contributed by atoms with van der Waals surface area (Å²) in [5.41, 5.74) is 4.55. The van der Waals surface area contributed by atoms with E-state index in [9.17, 15) is 9.90 Å². The quantitative estimate of drug-likeness (QED) is 0.360. The SMILES string of the molecule is CNc1cc2nn3c(cnc13)C(=O)N[C@H](CO)COCc1cc(c3nnn(C)c3c1)N2. The van der Waals surface area contributed by atoms with Crippen LogP contribution in [-0.4, -0.2) is 66.9 Å². The van der Waals surface area contributed by atoms with Gasteiger partial charge in [-0.25, -0.2) is 14.2 Å². The average molecular weight is 423 g/mol. The Morgan fingerprint density at radius 2 is 2.23 bits per heavy atom. The molecule has 1 aliphatic rings. The first-order valence-corrected chi connectivity index (χ1v) is 9.72. The number of rotatable bonds is 2. The van der Waals surface area contributed by atoms with E-state index >= 15 is 0 Å². The van der Waals surface area contributed by atoms with Crippen LogP contribution in [0, 0.1) is 0 Å². The summed E-state index contributed by atoms with van der Waals surface area (Å²) >= 11 is 0. The fourth-order valence-corrected chi connectivity index (χ4v) is 3.59. The molecule has 4 aromatic rings. The van der Waals surface area contributed by atoms with Crippen LogP contribution in [0.25, 0.3) is 16.7 Å². The number of aliphatic hydroxyl groups excluding tert-OH is 1. The fourth-order valence-electron chi connectivity index (χ4n) is 3.59. The molecule has 5 rings (SSSR count). The van der Waals surface area contributed by atoms with Crippen LogP contribution in [0.5, 0.6) is 0 Å². The highest BCUT2D eigenvalue weighted by molar-refractivity contribution is 5.94. The third kappa shape index (κ3) is 3.31. The fraction of sp³-hybridized carbons (Fsp3) is 0.316. The van der Waals surface area contributed by atoms with Crippen molar-refractivity contribution in [1.82, 2.24) is 34.9 Å². The molecule has 3 aromatic heterocycles. The molecule has 0 radical (unpaired) electrons. The van der Waals surface area contributed by atoms with Crippen LogP contribution in [0.2, 0.25) is 0 Å². The summed E-state index contributed by atoms with van der Waals surface area (Å²) in [7, 11) is 3.59. The number of aliphatic hydroxyl groups is 1. The molecule has 4 heterocycles. The predicted molar refractivity (Wildman–Crippen MR) is 112 cm³/mol. The normalized spacial score (nSPS) is 16.9. The molecule has 0 spiro atoms. The van der Waals surface area contributed by atoms with Crippen molar-refractivity contribution in [2.45, 2.75) is 12.6 Å². The summed E-state index contributed by atoms with van der Waals surface area (Å²) < 4.78 is 8.92. The lowest BCUT2D eigenvalue weighted by Gasteiger charge is -2.18. The Balaban J connectivity index is 1.71. The number of anilines is 3. The third-order valence-corrected chi connectivity index (χ3v) is 5.15. The molecule has 31 heavy (non-hydrogen) atoms. The molecular formula is C19H21N9O3. The summed E-state index contributed by atoms with van der Waals surface area (Å²) in [5, 5.41) is 31.8. The maximum atomic E-state index is 12.8. The molecule has 4 N–H and O–H groups in total. The van der Waals surface area contributed by atoms with Crippen molar-refractivity contribution in [3.63, 3.8) is 0 Å². The summed E-state index contributed by atoms with van der Waals surface area (Å²) in [6, 6.07) is 5.10. The number of carbonyl (C=O) groups is 1. The average Bonchev–Trinajstić information content (AvgIpc) is 3.36. The number of ether oxygens (including phenoxy) is 1. The topological polar surface area (TPSA) is 144 Å². The first-order valence-electron chi connectivity index (χ1n) is 9.72. The first-order chi connectivity index (χ1) is 15.1. The minimum atomic E-state index is -0.576. The van der Waals surface area contributed by atoms with E-state index in [1.807, 2.05) is 19.2 Å². The Morgan fingerprint density at radius 1 is 1.35 bits per heavy atom. The highest BCUT2D eigenvalue weighted by Gasteiger charge is 2.21. The van der Waals surface area contributed by atoms with Crippen LogP contribution in [-0.2, 0) is 18.4 Å². The number of nitrogens with zero attached hydrogens (tertiary/aromatic N) is 6. The minimum Gasteiger partial charge on any atom is -0.394 e. The van der Waals surface area contributed by atoms with Crippen molar-refractivity contribution >= 4 is 39.8 Å². The van der Waals surface area contributed by atoms with E-state index in [0.717, 1.165) is 11.1 Å². The van der Waals surface area contributed by atoms with Crippen molar-refractivity contribution < 1.29 is 14.6 Å². The van der Waals surface area contributed by atoms with Crippen molar-refractivity contribution in [1.29, 1.82) is 0 Å². The van der Waals surface area contributed by atoms with Gasteiger partial charge in [0.2, 0.25) is 0 Å². The second-order valence-electron chi connectivity index (χ2n) is 7.29. The van der Waals surface area contributed by atoms with Gasteiger partial charge in [0, 0.05) is 20.2 Å². The predicted octanol–water partition coefficient (Wildman–Crippen LogP) is 0.417. The number of aryl methyl sites for hydroxylation is 1. The molecule has 12 nitrogen and oxygen atoms in total. The molecule has 1 aromatic carbocycles. The lowest BCUT2D eigenvalue weighted by molar-refractivity contribution is 0.0671. The number of hydrogen-bond acceptors (Lipinski definition) is 9. The summed E-state index contributed by atoms with van der Waals surface area (Å²) in [6.07, 6.45) is 1.45. The molecule has 12 heteroatoms. The molecule has 0 saturated carbocycles. The molecule has 0 saturated heterocycles. The van der Waals surface area contributed by atoms with Gasteiger partial charge in [0.25, 0.3) is 5.91 Å². The molecule has 4 bridgehead atoms. The number of hydrogen-bond donors (Lipinski definition) is 4. The molecule has 1 aliphatic heterocycles. The van der Waals surface area contributed by atoms with E-state index in [1.165, 1.54) is 10.7 Å². The third-order valence-electron chi connectivity index (χ3n) is 5.15. The Morgan fingerprint density at radius 3 is 3.03 bits per heavy atom. The molecule has 0 unspecified atom stereocenters. The highest BCUT2D eigenvalue weighted by atomic mass is 16.5. The summed E-state index contributed by atoms with van der Waals surface area (Å²) in [4.78, 5) is 17.2. The van der Waals surface area contributed by atoms with Gasteiger partial charge in [-0.15, -0.1) is 10.2 Å². The molecule has 0 fully saturated rings. The number of fused-ring (bicyclic) bond motifs is 5. The zero-order valence-electron chi connectivity index (χ0n) is 17.0. The largest absolute Gasteiger partial charge is 0.394 e. The van der Waals surface area contributed by atoms with E-state index in [1.54, 1.807) is 17.8 Å². The van der Waals surface area contributed by atoms with Gasteiger partial charge in [0.05, 0.1) is 49.0 Å². The number of carbonyl (C=O) groups excluding carboxylic acids is 1. The molecule has 1 amide bonds. The van der Waals surface area contributed by atoms with E-state index in [4.69, 9.17) is 4.74 Å². The van der Waals surface area contributed by atoms with Crippen LogP contribution in [0.4, 0.5) is 17.2 Å². The van der Waals surface area contributed by atoms with Gasteiger partial charge in [0.15, 0.2) is 17.2 Å². The first kappa shape index (κ1) is 19.2. The summed E-state index contributed by atoms with van der Waals surface area (Å²) in [6.45, 7) is 0.165. The second-order valence-corrected chi connectivity index (χ2v) is 7.29. The number of amides is 1. The second kappa shape index (κ2) is 7.49. The van der Waals surface area contributed by atoms with E-state index in [-0.39, 0.29) is 25.5 Å². The van der Waals surface area contributed by atoms with Crippen molar-refractivity contribution in [3.8, 4) is 0 Å². The van der Waals surface area contributed by atoms with E-state index in [0.29, 0.717) is 28.4 Å². The van der Waals surface area contributed by atoms with Crippen LogP contribution >= 0.6 is 0 Å². The van der Waals surface area contributed by atoms with E-state index in [2.05, 4.69) is 36.3 Å². The van der Waals surface area contributed by atoms with Gasteiger partial charge in [0.1, 0.15) is 5.52 Å². The molecule has 160 valence electrons. The Bertz CT molecular complexity index is 1300. The Hall–Kier alpha value is -3.77. The molecule has 0 aliphatic carbocycles. The molecular weight excluding hydrogens is 402 g/mol. The zero-order valence-corrected chi connectivity index (χ0v) is 17.0. The Kier molecular flexibility index (Phi) is 4.64. The van der Waals surface area contributed by atoms with Crippen LogP contribution in [0.1, 0.15) is 16.1 Å². The van der Waals surface area contributed by atoms with Crippen LogP contribution < -0.4 is 16.0 Å². The minimum absolute atomic E-state index is 0.143. The number of aromatic nitrogens is 6. The summed E-state index contributed by atoms with van der Waals surface area (Å²) in [5.74, 6) is 0.0819. The van der Waals surface area contributed by atoms with Gasteiger partial charge < -0.3 is 25.8 Å². The number of nitrogens with one attached hydrogen (secondary N) is 3. The molecule has 1 atom stereocenters. The number of imidazole rings is 1. The van der Waals surface area contributed by atoms with Gasteiger partial charge in [-0.05, 0) is 17.7 Å². The maximum absolute atomic E-state index is 12.8. The standard InChI is InChI=1S/C19H21N9O3/c1-20-13-5-16-23-12-3-10(4-14-17(12)24-26-27(14)2)8-31-9-11(7-29)22-19(30)15-6-21-18(13)28(15)25-16/h3-6,11,20,29H,7-9H2,1-2H3,(H,22,30)(H,23,25)/t11-/m1/s1. The zero-order chi connectivity index (χ0) is 21.5. The van der Waals surface area contributed by atoms with Gasteiger partial charge in [-0.2, -0.15) is 0 Å². The van der Waals surface area contributed by atoms with Gasteiger partial charge in [-0.3, -0.25) is 4.79 Å². The van der Waals surface area contributed by atoms with Gasteiger partial charge in [-0.1, -0.05) is 5.21 Å². The van der Waals surface area contributed by atoms with Crippen LogP contribution in [0.3, 0.4) is 0 Å². The van der Waals surface area contributed by atoms with Crippen molar-refractivity contribution in [3.05, 3.63) is 35.7 Å².